The van der Waals surface area contributed by atoms with E-state index >= 15 is 0 Å². The molecule has 0 saturated heterocycles. The Labute approximate surface area is 61.9 Å². The van der Waals surface area contributed by atoms with Crippen LogP contribution in [0.2, 0.25) is 0 Å². The minimum Gasteiger partial charge on any atom is -0.396 e. The van der Waals surface area contributed by atoms with E-state index in [1.165, 1.54) is 5.70 Å². The molecule has 0 saturated carbocycles. The second kappa shape index (κ2) is 3.62. The molecule has 0 fully saturated rings. The molecule has 0 aliphatic carbocycles. The van der Waals surface area contributed by atoms with Crippen molar-refractivity contribution in [3.05, 3.63) is 11.8 Å². The monoisotopic (exact) mass is 141 g/mol. The van der Waals surface area contributed by atoms with Crippen LogP contribution in [0.3, 0.4) is 0 Å². The van der Waals surface area contributed by atoms with Gasteiger partial charge in [0, 0.05) is 18.8 Å². The first-order valence-corrected chi connectivity index (χ1v) is 3.89. The van der Waals surface area contributed by atoms with Crippen molar-refractivity contribution >= 4 is 0 Å². The van der Waals surface area contributed by atoms with E-state index in [1.54, 1.807) is 0 Å². The van der Waals surface area contributed by atoms with Gasteiger partial charge in [0.2, 0.25) is 0 Å². The van der Waals surface area contributed by atoms with Crippen molar-refractivity contribution in [2.45, 2.75) is 19.8 Å². The molecule has 2 N–H and O–H groups in total. The zero-order valence-corrected chi connectivity index (χ0v) is 6.43. The van der Waals surface area contributed by atoms with Crippen LogP contribution in [0.25, 0.3) is 0 Å². The topological polar surface area (TPSA) is 32.3 Å². The molecule has 1 heterocycles. The number of allylic oxidation sites excluding steroid dienone is 1. The normalized spacial score (nSPS) is 20.0. The lowest BCUT2D eigenvalue weighted by Gasteiger charge is -2.11. The van der Waals surface area contributed by atoms with E-state index in [0.29, 0.717) is 12.5 Å². The molecule has 0 radical (unpaired) electrons. The van der Waals surface area contributed by atoms with E-state index in [4.69, 9.17) is 5.11 Å². The molecule has 0 aromatic rings. The van der Waals surface area contributed by atoms with Gasteiger partial charge in [0.15, 0.2) is 0 Å². The summed E-state index contributed by atoms with van der Waals surface area (Å²) in [6, 6.07) is 0. The van der Waals surface area contributed by atoms with Crippen LogP contribution in [-0.2, 0) is 0 Å². The van der Waals surface area contributed by atoms with Gasteiger partial charge in [-0.15, -0.1) is 0 Å². The van der Waals surface area contributed by atoms with Crippen LogP contribution in [0, 0.1) is 5.92 Å². The van der Waals surface area contributed by atoms with Crippen LogP contribution in [0.15, 0.2) is 11.8 Å². The predicted molar refractivity (Wildman–Crippen MR) is 41.6 cm³/mol. The average molecular weight is 141 g/mol. The van der Waals surface area contributed by atoms with E-state index < -0.39 is 0 Å². The summed E-state index contributed by atoms with van der Waals surface area (Å²) in [6.07, 6.45) is 4.24. The first-order chi connectivity index (χ1) is 4.84. The van der Waals surface area contributed by atoms with Gasteiger partial charge >= 0.3 is 0 Å². The van der Waals surface area contributed by atoms with Gasteiger partial charge in [-0.1, -0.05) is 13.0 Å². The van der Waals surface area contributed by atoms with Gasteiger partial charge in [-0.25, -0.2) is 0 Å². The summed E-state index contributed by atoms with van der Waals surface area (Å²) in [4.78, 5) is 0. The zero-order chi connectivity index (χ0) is 7.40. The fourth-order valence-corrected chi connectivity index (χ4v) is 1.24. The molecule has 1 atom stereocenters. The van der Waals surface area contributed by atoms with Gasteiger partial charge in [-0.2, -0.15) is 0 Å². The van der Waals surface area contributed by atoms with Crippen LogP contribution in [0.1, 0.15) is 19.8 Å². The molecule has 0 aromatic heterocycles. The fourth-order valence-electron chi connectivity index (χ4n) is 1.24. The molecule has 0 aromatic carbocycles. The molecule has 0 amide bonds. The molecule has 1 unspecified atom stereocenters. The maximum absolute atomic E-state index is 8.64. The van der Waals surface area contributed by atoms with Crippen LogP contribution < -0.4 is 5.32 Å². The van der Waals surface area contributed by atoms with Crippen molar-refractivity contribution in [3.8, 4) is 0 Å². The van der Waals surface area contributed by atoms with Gasteiger partial charge in [0.05, 0.1) is 0 Å². The van der Waals surface area contributed by atoms with Crippen molar-refractivity contribution in [2.24, 2.45) is 5.92 Å². The predicted octanol–water partition coefficient (Wildman–Crippen LogP) is 0.882. The summed E-state index contributed by atoms with van der Waals surface area (Å²) in [6.45, 7) is 3.51. The highest BCUT2D eigenvalue weighted by atomic mass is 16.3. The number of nitrogens with one attached hydrogen (secondary N) is 1. The molecule has 58 valence electrons. The number of aliphatic hydroxyl groups excluding tert-OH is 1. The van der Waals surface area contributed by atoms with Gasteiger partial charge in [0.1, 0.15) is 0 Å². The molecule has 10 heavy (non-hydrogen) atoms. The minimum absolute atomic E-state index is 0.292. The van der Waals surface area contributed by atoms with Gasteiger partial charge < -0.3 is 10.4 Å². The summed E-state index contributed by atoms with van der Waals surface area (Å²) in [5.41, 5.74) is 1.31. The molecular formula is C8H15NO. The zero-order valence-electron chi connectivity index (χ0n) is 6.43. The molecule has 2 nitrogen and oxygen atoms in total. The van der Waals surface area contributed by atoms with Crippen molar-refractivity contribution in [1.29, 1.82) is 0 Å². The second-order valence-electron chi connectivity index (χ2n) is 2.79. The second-order valence-corrected chi connectivity index (χ2v) is 2.79. The number of aliphatic hydroxyl groups is 1. The molecule has 1 aliphatic rings. The van der Waals surface area contributed by atoms with Gasteiger partial charge in [-0.05, 0) is 18.8 Å². The maximum Gasteiger partial charge on any atom is 0.0437 e. The van der Waals surface area contributed by atoms with E-state index in [1.807, 2.05) is 0 Å². The lowest BCUT2D eigenvalue weighted by atomic mass is 10.1. The lowest BCUT2D eigenvalue weighted by Crippen LogP contribution is -2.14. The van der Waals surface area contributed by atoms with Crippen molar-refractivity contribution in [3.63, 3.8) is 0 Å². The standard InChI is InChI=1S/C8H15NO/c1-7(4-6-10)8-3-2-5-9-8/h3,7,9-10H,2,4-6H2,1H3. The van der Waals surface area contributed by atoms with Crippen LogP contribution >= 0.6 is 0 Å². The van der Waals surface area contributed by atoms with Crippen molar-refractivity contribution in [1.82, 2.24) is 5.32 Å². The Morgan fingerprint density at radius 2 is 2.60 bits per heavy atom. The van der Waals surface area contributed by atoms with Gasteiger partial charge in [-0.3, -0.25) is 0 Å². The highest BCUT2D eigenvalue weighted by molar-refractivity contribution is 5.08. The molecule has 1 rings (SSSR count). The number of hydrogen-bond donors (Lipinski definition) is 2. The Morgan fingerprint density at radius 1 is 1.80 bits per heavy atom. The van der Waals surface area contributed by atoms with Crippen LogP contribution in [0.5, 0.6) is 0 Å². The van der Waals surface area contributed by atoms with E-state index in [9.17, 15) is 0 Å². The van der Waals surface area contributed by atoms with Crippen LogP contribution in [-0.4, -0.2) is 18.3 Å². The highest BCUT2D eigenvalue weighted by Crippen LogP contribution is 2.15. The Hall–Kier alpha value is -0.500. The quantitative estimate of drug-likeness (QED) is 0.611. The first-order valence-electron chi connectivity index (χ1n) is 3.89. The Morgan fingerprint density at radius 3 is 3.10 bits per heavy atom. The van der Waals surface area contributed by atoms with E-state index in [2.05, 4.69) is 18.3 Å². The SMILES string of the molecule is CC(CCO)C1=CCCN1. The fraction of sp³-hybridized carbons (Fsp3) is 0.750. The lowest BCUT2D eigenvalue weighted by molar-refractivity contribution is 0.270. The van der Waals surface area contributed by atoms with E-state index in [0.717, 1.165) is 19.4 Å². The Balaban J connectivity index is 2.32. The molecule has 2 heteroatoms. The number of hydrogen-bond acceptors (Lipinski definition) is 2. The molecule has 1 aliphatic heterocycles. The van der Waals surface area contributed by atoms with Crippen molar-refractivity contribution in [2.75, 3.05) is 13.2 Å². The van der Waals surface area contributed by atoms with E-state index in [-0.39, 0.29) is 0 Å². The van der Waals surface area contributed by atoms with Crippen molar-refractivity contribution < 1.29 is 5.11 Å². The highest BCUT2D eigenvalue weighted by Gasteiger charge is 2.10. The third-order valence-electron chi connectivity index (χ3n) is 1.93. The Kier molecular flexibility index (Phi) is 2.75. The van der Waals surface area contributed by atoms with Gasteiger partial charge in [0.25, 0.3) is 0 Å². The third kappa shape index (κ3) is 1.74. The molecule has 0 spiro atoms. The third-order valence-corrected chi connectivity index (χ3v) is 1.93. The summed E-state index contributed by atoms with van der Waals surface area (Å²) < 4.78 is 0. The Bertz CT molecular complexity index is 131. The summed E-state index contributed by atoms with van der Waals surface area (Å²) in [5.74, 6) is 0.507. The summed E-state index contributed by atoms with van der Waals surface area (Å²) in [7, 11) is 0. The maximum atomic E-state index is 8.64. The number of rotatable bonds is 3. The molecule has 0 bridgehead atoms. The first kappa shape index (κ1) is 7.61. The molecular weight excluding hydrogens is 126 g/mol. The summed E-state index contributed by atoms with van der Waals surface area (Å²) >= 11 is 0. The largest absolute Gasteiger partial charge is 0.396 e. The average Bonchev–Trinajstić information content (AvgIpc) is 2.38. The minimum atomic E-state index is 0.292. The van der Waals surface area contributed by atoms with Crippen LogP contribution in [0.4, 0.5) is 0 Å². The summed E-state index contributed by atoms with van der Waals surface area (Å²) in [5, 5.41) is 11.9. The smallest absolute Gasteiger partial charge is 0.0437 e.